The molecule has 1 aliphatic rings. The molecule has 5 nitrogen and oxygen atoms in total. The number of rotatable bonds is 5. The Morgan fingerprint density at radius 1 is 1.27 bits per heavy atom. The van der Waals surface area contributed by atoms with Crippen LogP contribution in [0.15, 0.2) is 59.6 Å². The van der Waals surface area contributed by atoms with Gasteiger partial charge in [-0.1, -0.05) is 60.4 Å². The van der Waals surface area contributed by atoms with Gasteiger partial charge in [-0.15, -0.1) is 0 Å². The highest BCUT2D eigenvalue weighted by Crippen LogP contribution is 2.38. The van der Waals surface area contributed by atoms with E-state index in [2.05, 4.69) is 4.98 Å². The van der Waals surface area contributed by atoms with Gasteiger partial charge in [0.05, 0.1) is 17.2 Å². The molecule has 3 rings (SSSR count). The lowest BCUT2D eigenvalue weighted by Gasteiger charge is -2.25. The summed E-state index contributed by atoms with van der Waals surface area (Å²) in [6, 6.07) is 13.6. The van der Waals surface area contributed by atoms with Crippen LogP contribution in [-0.4, -0.2) is 32.7 Å². The van der Waals surface area contributed by atoms with E-state index in [1.165, 1.54) is 4.90 Å². The van der Waals surface area contributed by atoms with Crippen molar-refractivity contribution >= 4 is 46.3 Å². The van der Waals surface area contributed by atoms with E-state index in [1.807, 2.05) is 24.3 Å². The number of benzene rings is 1. The maximum Gasteiger partial charge on any atom is 0.333 e. The van der Waals surface area contributed by atoms with Crippen molar-refractivity contribution in [2.45, 2.75) is 13.0 Å². The second-order valence-electron chi connectivity index (χ2n) is 5.37. The van der Waals surface area contributed by atoms with Gasteiger partial charge in [-0.25, -0.2) is 4.79 Å². The molecule has 1 aromatic carbocycles. The first-order valence-corrected chi connectivity index (χ1v) is 9.24. The normalized spacial score (nSPS) is 16.8. The van der Waals surface area contributed by atoms with Crippen molar-refractivity contribution < 1.29 is 14.3 Å². The monoisotopic (exact) mass is 384 g/mol. The molecule has 0 aliphatic carbocycles. The van der Waals surface area contributed by atoms with Gasteiger partial charge in [0.25, 0.3) is 5.91 Å². The lowest BCUT2D eigenvalue weighted by Crippen LogP contribution is -2.38. The number of aromatic nitrogens is 1. The Bertz CT molecular complexity index is 854. The van der Waals surface area contributed by atoms with Gasteiger partial charge in [0, 0.05) is 6.20 Å². The molecule has 0 spiro atoms. The van der Waals surface area contributed by atoms with Crippen LogP contribution >= 0.6 is 24.0 Å². The van der Waals surface area contributed by atoms with E-state index in [-0.39, 0.29) is 12.5 Å². The van der Waals surface area contributed by atoms with Gasteiger partial charge in [-0.05, 0) is 30.7 Å². The summed E-state index contributed by atoms with van der Waals surface area (Å²) in [4.78, 5) is 31.5. The summed E-state index contributed by atoms with van der Waals surface area (Å²) < 4.78 is 5.51. The van der Waals surface area contributed by atoms with Crippen molar-refractivity contribution in [3.63, 3.8) is 0 Å². The quantitative estimate of drug-likeness (QED) is 0.446. The molecule has 1 aromatic heterocycles. The molecule has 1 fully saturated rings. The fourth-order valence-electron chi connectivity index (χ4n) is 2.55. The molecular formula is C19H16N2O3S2. The van der Waals surface area contributed by atoms with Crippen LogP contribution in [0.25, 0.3) is 6.08 Å². The van der Waals surface area contributed by atoms with Crippen LogP contribution in [0.1, 0.15) is 24.2 Å². The molecule has 2 aromatic rings. The lowest BCUT2D eigenvalue weighted by molar-refractivity contribution is -0.151. The zero-order valence-corrected chi connectivity index (χ0v) is 15.6. The first-order chi connectivity index (χ1) is 12.6. The highest BCUT2D eigenvalue weighted by Gasteiger charge is 2.42. The zero-order chi connectivity index (χ0) is 18.5. The lowest BCUT2D eigenvalue weighted by atomic mass is 10.1. The first-order valence-electron chi connectivity index (χ1n) is 8.01. The van der Waals surface area contributed by atoms with Crippen molar-refractivity contribution in [1.29, 1.82) is 0 Å². The highest BCUT2D eigenvalue weighted by molar-refractivity contribution is 8.26. The smallest absolute Gasteiger partial charge is 0.333 e. The predicted molar refractivity (Wildman–Crippen MR) is 105 cm³/mol. The molecule has 1 saturated heterocycles. The van der Waals surface area contributed by atoms with E-state index in [0.29, 0.717) is 20.5 Å². The third-order valence-electron chi connectivity index (χ3n) is 3.67. The van der Waals surface area contributed by atoms with Crippen LogP contribution < -0.4 is 0 Å². The highest BCUT2D eigenvalue weighted by atomic mass is 32.2. The zero-order valence-electron chi connectivity index (χ0n) is 14.0. The molecule has 0 radical (unpaired) electrons. The standard InChI is InChI=1S/C19H16N2O3S2/c1-2-24-18(23)16(13-8-4-3-5-9-13)21-17(22)15(26-19(21)25)12-14-10-6-7-11-20-14/h3-12,16H,2H2,1H3/b15-12-. The van der Waals surface area contributed by atoms with Gasteiger partial charge >= 0.3 is 5.97 Å². The fourth-order valence-corrected chi connectivity index (χ4v) is 3.84. The van der Waals surface area contributed by atoms with Gasteiger partial charge in [0.15, 0.2) is 6.04 Å². The second-order valence-corrected chi connectivity index (χ2v) is 7.05. The number of hydrogen-bond donors (Lipinski definition) is 0. The molecule has 0 bridgehead atoms. The fraction of sp³-hybridized carbons (Fsp3) is 0.158. The minimum Gasteiger partial charge on any atom is -0.464 e. The summed E-state index contributed by atoms with van der Waals surface area (Å²) in [5, 5.41) is 0. The van der Waals surface area contributed by atoms with Gasteiger partial charge < -0.3 is 4.74 Å². The van der Waals surface area contributed by atoms with E-state index in [9.17, 15) is 9.59 Å². The van der Waals surface area contributed by atoms with Crippen molar-refractivity contribution in [3.05, 3.63) is 70.9 Å². The molecule has 1 atom stereocenters. The van der Waals surface area contributed by atoms with E-state index in [1.54, 1.807) is 43.5 Å². The number of pyridine rings is 1. The molecule has 1 amide bonds. The minimum atomic E-state index is -0.904. The third-order valence-corrected chi connectivity index (χ3v) is 5.00. The maximum atomic E-state index is 13.0. The summed E-state index contributed by atoms with van der Waals surface area (Å²) in [7, 11) is 0. The number of thiocarbonyl (C=S) groups is 1. The number of hydrogen-bond acceptors (Lipinski definition) is 6. The number of ether oxygens (including phenoxy) is 1. The molecule has 7 heteroatoms. The summed E-state index contributed by atoms with van der Waals surface area (Å²) in [6.45, 7) is 1.95. The van der Waals surface area contributed by atoms with Crippen molar-refractivity contribution in [3.8, 4) is 0 Å². The van der Waals surface area contributed by atoms with Crippen molar-refractivity contribution in [2.75, 3.05) is 6.61 Å². The molecule has 1 unspecified atom stereocenters. The number of nitrogens with zero attached hydrogens (tertiary/aromatic N) is 2. The van der Waals surface area contributed by atoms with Gasteiger partial charge in [0.1, 0.15) is 4.32 Å². The van der Waals surface area contributed by atoms with E-state index in [4.69, 9.17) is 17.0 Å². The van der Waals surface area contributed by atoms with E-state index >= 15 is 0 Å². The van der Waals surface area contributed by atoms with E-state index < -0.39 is 12.0 Å². The summed E-state index contributed by atoms with van der Waals surface area (Å²) >= 11 is 6.55. The Hall–Kier alpha value is -2.51. The molecule has 0 N–H and O–H groups in total. The Labute approximate surface area is 161 Å². The Kier molecular flexibility index (Phi) is 5.80. The van der Waals surface area contributed by atoms with Crippen LogP contribution in [0.4, 0.5) is 0 Å². The predicted octanol–water partition coefficient (Wildman–Crippen LogP) is 3.59. The minimum absolute atomic E-state index is 0.223. The summed E-state index contributed by atoms with van der Waals surface area (Å²) in [5.41, 5.74) is 1.31. The van der Waals surface area contributed by atoms with Gasteiger partial charge in [-0.2, -0.15) is 0 Å². The van der Waals surface area contributed by atoms with Crippen LogP contribution in [0.5, 0.6) is 0 Å². The van der Waals surface area contributed by atoms with Crippen molar-refractivity contribution in [2.24, 2.45) is 0 Å². The SMILES string of the molecule is CCOC(=O)C(c1ccccc1)N1C(=O)/C(=C/c2ccccn2)SC1=S. The average Bonchev–Trinajstić information content (AvgIpc) is 2.92. The number of carbonyl (C=O) groups excluding carboxylic acids is 2. The molecule has 2 heterocycles. The average molecular weight is 384 g/mol. The first kappa shape index (κ1) is 18.3. The van der Waals surface area contributed by atoms with Crippen molar-refractivity contribution in [1.82, 2.24) is 9.88 Å². The topological polar surface area (TPSA) is 59.5 Å². The largest absolute Gasteiger partial charge is 0.464 e. The Morgan fingerprint density at radius 3 is 2.65 bits per heavy atom. The van der Waals surface area contributed by atoms with Gasteiger partial charge in [0.2, 0.25) is 0 Å². The number of carbonyl (C=O) groups is 2. The van der Waals surface area contributed by atoms with E-state index in [0.717, 1.165) is 11.8 Å². The van der Waals surface area contributed by atoms with Gasteiger partial charge in [-0.3, -0.25) is 14.7 Å². The van der Waals surface area contributed by atoms with Crippen LogP contribution in [0, 0.1) is 0 Å². The third kappa shape index (κ3) is 3.84. The van der Waals surface area contributed by atoms with Crippen LogP contribution in [-0.2, 0) is 14.3 Å². The van der Waals surface area contributed by atoms with Crippen LogP contribution in [0.3, 0.4) is 0 Å². The molecule has 132 valence electrons. The number of esters is 1. The summed E-state index contributed by atoms with van der Waals surface area (Å²) in [5.74, 6) is -0.832. The molecule has 0 saturated carbocycles. The Balaban J connectivity index is 1.97. The second kappa shape index (κ2) is 8.25. The molecule has 1 aliphatic heterocycles. The number of thioether (sulfide) groups is 1. The number of amides is 1. The maximum absolute atomic E-state index is 13.0. The summed E-state index contributed by atoms with van der Waals surface area (Å²) in [6.07, 6.45) is 3.32. The Morgan fingerprint density at radius 2 is 2.00 bits per heavy atom. The molecular weight excluding hydrogens is 368 g/mol. The van der Waals surface area contributed by atoms with Crippen LogP contribution in [0.2, 0.25) is 0 Å². The molecule has 26 heavy (non-hydrogen) atoms.